The molecule has 2 rings (SSSR count). The van der Waals surface area contributed by atoms with Gasteiger partial charge in [-0.05, 0) is 24.6 Å². The van der Waals surface area contributed by atoms with E-state index in [1.165, 1.54) is 0 Å². The van der Waals surface area contributed by atoms with Crippen LogP contribution in [0.4, 0.5) is 0 Å². The second-order valence-corrected chi connectivity index (χ2v) is 5.86. The van der Waals surface area contributed by atoms with Crippen molar-refractivity contribution < 1.29 is 9.59 Å². The summed E-state index contributed by atoms with van der Waals surface area (Å²) in [7, 11) is 0. The van der Waals surface area contributed by atoms with E-state index < -0.39 is 6.04 Å². The number of hydrogen-bond donors (Lipinski definition) is 1. The fraction of sp³-hybridized carbons (Fsp3) is 0.385. The maximum Gasteiger partial charge on any atom is 0.245 e. The molecule has 1 unspecified atom stereocenters. The van der Waals surface area contributed by atoms with Crippen molar-refractivity contribution in [3.05, 3.63) is 33.3 Å². The van der Waals surface area contributed by atoms with Gasteiger partial charge in [-0.1, -0.05) is 33.6 Å². The molecule has 1 aliphatic heterocycles. The van der Waals surface area contributed by atoms with Gasteiger partial charge in [-0.2, -0.15) is 0 Å². The SMILES string of the molecule is CC1NC(=O)CCN(Cc2ccc(Br)cc2Cl)C1=O. The van der Waals surface area contributed by atoms with Gasteiger partial charge in [0, 0.05) is 29.0 Å². The van der Waals surface area contributed by atoms with E-state index in [0.717, 1.165) is 10.0 Å². The lowest BCUT2D eigenvalue weighted by molar-refractivity contribution is -0.133. The maximum atomic E-state index is 12.1. The summed E-state index contributed by atoms with van der Waals surface area (Å²) in [5.74, 6) is -0.171. The van der Waals surface area contributed by atoms with Gasteiger partial charge in [0.15, 0.2) is 0 Å². The van der Waals surface area contributed by atoms with Crippen LogP contribution in [-0.4, -0.2) is 29.3 Å². The zero-order valence-corrected chi connectivity index (χ0v) is 12.8. The topological polar surface area (TPSA) is 49.4 Å². The van der Waals surface area contributed by atoms with Crippen molar-refractivity contribution in [2.45, 2.75) is 25.9 Å². The van der Waals surface area contributed by atoms with E-state index in [1.54, 1.807) is 17.9 Å². The smallest absolute Gasteiger partial charge is 0.245 e. The Hall–Kier alpha value is -1.07. The van der Waals surface area contributed by atoms with Gasteiger partial charge in [0.05, 0.1) is 0 Å². The monoisotopic (exact) mass is 344 g/mol. The number of carbonyl (C=O) groups is 2. The Morgan fingerprint density at radius 2 is 2.21 bits per heavy atom. The summed E-state index contributed by atoms with van der Waals surface area (Å²) < 4.78 is 0.897. The zero-order valence-electron chi connectivity index (χ0n) is 10.5. The predicted octanol–water partition coefficient (Wildman–Crippen LogP) is 2.34. The molecular formula is C13H14BrClN2O2. The number of nitrogens with zero attached hydrogens (tertiary/aromatic N) is 1. The lowest BCUT2D eigenvalue weighted by atomic mass is 10.2. The van der Waals surface area contributed by atoms with E-state index >= 15 is 0 Å². The Morgan fingerprint density at radius 1 is 1.47 bits per heavy atom. The highest BCUT2D eigenvalue weighted by molar-refractivity contribution is 9.10. The Labute approximate surface area is 125 Å². The quantitative estimate of drug-likeness (QED) is 0.894. The van der Waals surface area contributed by atoms with Gasteiger partial charge in [0.1, 0.15) is 6.04 Å². The van der Waals surface area contributed by atoms with Crippen LogP contribution >= 0.6 is 27.5 Å². The molecule has 1 fully saturated rings. The first-order valence-electron chi connectivity index (χ1n) is 5.99. The highest BCUT2D eigenvalue weighted by Gasteiger charge is 2.26. The molecule has 1 aromatic carbocycles. The number of amides is 2. The van der Waals surface area contributed by atoms with E-state index in [2.05, 4.69) is 21.2 Å². The number of halogens is 2. The minimum atomic E-state index is -0.482. The predicted molar refractivity (Wildman–Crippen MR) is 76.8 cm³/mol. The first-order chi connectivity index (χ1) is 8.97. The average Bonchev–Trinajstić information content (AvgIpc) is 2.46. The summed E-state index contributed by atoms with van der Waals surface area (Å²) in [6.45, 7) is 2.54. The number of carbonyl (C=O) groups excluding carboxylic acids is 2. The van der Waals surface area contributed by atoms with Crippen LogP contribution in [0.15, 0.2) is 22.7 Å². The summed E-state index contributed by atoms with van der Waals surface area (Å²) >= 11 is 9.50. The number of benzene rings is 1. The Bertz CT molecular complexity index is 521. The fourth-order valence-corrected chi connectivity index (χ4v) is 2.74. The molecule has 19 heavy (non-hydrogen) atoms. The van der Waals surface area contributed by atoms with Gasteiger partial charge in [0.2, 0.25) is 11.8 Å². The van der Waals surface area contributed by atoms with Gasteiger partial charge >= 0.3 is 0 Å². The van der Waals surface area contributed by atoms with E-state index in [-0.39, 0.29) is 11.8 Å². The molecule has 1 heterocycles. The minimum Gasteiger partial charge on any atom is -0.345 e. The molecule has 6 heteroatoms. The van der Waals surface area contributed by atoms with Crippen LogP contribution in [0.3, 0.4) is 0 Å². The van der Waals surface area contributed by atoms with Crippen LogP contribution in [-0.2, 0) is 16.1 Å². The van der Waals surface area contributed by atoms with Gasteiger partial charge in [0.25, 0.3) is 0 Å². The van der Waals surface area contributed by atoms with E-state index in [0.29, 0.717) is 24.5 Å². The van der Waals surface area contributed by atoms with Crippen molar-refractivity contribution in [2.24, 2.45) is 0 Å². The maximum absolute atomic E-state index is 12.1. The second-order valence-electron chi connectivity index (χ2n) is 4.53. The molecule has 0 saturated carbocycles. The summed E-state index contributed by atoms with van der Waals surface area (Å²) in [4.78, 5) is 25.2. The van der Waals surface area contributed by atoms with Crippen molar-refractivity contribution in [2.75, 3.05) is 6.54 Å². The minimum absolute atomic E-state index is 0.0789. The molecule has 1 aromatic rings. The first-order valence-corrected chi connectivity index (χ1v) is 7.16. The molecule has 1 N–H and O–H groups in total. The van der Waals surface area contributed by atoms with Crippen LogP contribution in [0.2, 0.25) is 5.02 Å². The van der Waals surface area contributed by atoms with Crippen LogP contribution < -0.4 is 5.32 Å². The molecule has 0 aromatic heterocycles. The third-order valence-corrected chi connectivity index (χ3v) is 3.89. The Morgan fingerprint density at radius 3 is 2.89 bits per heavy atom. The summed E-state index contributed by atoms with van der Waals surface area (Å²) in [6, 6.07) is 5.08. The molecule has 0 radical (unpaired) electrons. The van der Waals surface area contributed by atoms with E-state index in [4.69, 9.17) is 11.6 Å². The molecule has 0 spiro atoms. The third-order valence-electron chi connectivity index (χ3n) is 3.04. The highest BCUT2D eigenvalue weighted by atomic mass is 79.9. The van der Waals surface area contributed by atoms with Gasteiger partial charge in [-0.3, -0.25) is 9.59 Å². The number of hydrogen-bond acceptors (Lipinski definition) is 2. The molecule has 102 valence electrons. The summed E-state index contributed by atoms with van der Waals surface area (Å²) in [5, 5.41) is 3.27. The Balaban J connectivity index is 2.17. The largest absolute Gasteiger partial charge is 0.345 e. The Kier molecular flexibility index (Phi) is 4.47. The normalized spacial score (nSPS) is 20.2. The van der Waals surface area contributed by atoms with Crippen LogP contribution in [0.5, 0.6) is 0 Å². The molecule has 4 nitrogen and oxygen atoms in total. The van der Waals surface area contributed by atoms with Gasteiger partial charge in [-0.25, -0.2) is 0 Å². The van der Waals surface area contributed by atoms with Crippen molar-refractivity contribution in [3.8, 4) is 0 Å². The lowest BCUT2D eigenvalue weighted by Crippen LogP contribution is -2.42. The average molecular weight is 346 g/mol. The lowest BCUT2D eigenvalue weighted by Gasteiger charge is -2.22. The highest BCUT2D eigenvalue weighted by Crippen LogP contribution is 2.23. The van der Waals surface area contributed by atoms with Crippen molar-refractivity contribution in [3.63, 3.8) is 0 Å². The number of rotatable bonds is 2. The molecule has 2 amide bonds. The fourth-order valence-electron chi connectivity index (χ4n) is 2.01. The molecule has 1 atom stereocenters. The van der Waals surface area contributed by atoms with Crippen LogP contribution in [0.25, 0.3) is 0 Å². The van der Waals surface area contributed by atoms with Crippen molar-refractivity contribution in [1.82, 2.24) is 10.2 Å². The van der Waals surface area contributed by atoms with Crippen LogP contribution in [0, 0.1) is 0 Å². The number of nitrogens with one attached hydrogen (secondary N) is 1. The first kappa shape index (κ1) is 14.3. The van der Waals surface area contributed by atoms with Crippen molar-refractivity contribution >= 4 is 39.3 Å². The van der Waals surface area contributed by atoms with Crippen LogP contribution in [0.1, 0.15) is 18.9 Å². The third kappa shape index (κ3) is 3.48. The molecular weight excluding hydrogens is 332 g/mol. The molecule has 1 aliphatic rings. The van der Waals surface area contributed by atoms with Crippen molar-refractivity contribution in [1.29, 1.82) is 0 Å². The second kappa shape index (κ2) is 5.92. The van der Waals surface area contributed by atoms with E-state index in [1.807, 2.05) is 12.1 Å². The molecule has 0 bridgehead atoms. The molecule has 1 saturated heterocycles. The summed E-state index contributed by atoms with van der Waals surface area (Å²) in [6.07, 6.45) is 0.324. The van der Waals surface area contributed by atoms with Gasteiger partial charge in [-0.15, -0.1) is 0 Å². The molecule has 0 aliphatic carbocycles. The van der Waals surface area contributed by atoms with Gasteiger partial charge < -0.3 is 10.2 Å². The standard InChI is InChI=1S/C13H14BrClN2O2/c1-8-13(19)17(5-4-12(18)16-8)7-9-2-3-10(14)6-11(9)15/h2-3,6,8H,4-5,7H2,1H3,(H,16,18). The summed E-state index contributed by atoms with van der Waals surface area (Å²) in [5.41, 5.74) is 0.875. The van der Waals surface area contributed by atoms with E-state index in [9.17, 15) is 9.59 Å². The zero-order chi connectivity index (χ0) is 14.0.